The first-order valence-electron chi connectivity index (χ1n) is 15.0. The van der Waals surface area contributed by atoms with E-state index in [9.17, 15) is 8.78 Å². The van der Waals surface area contributed by atoms with Gasteiger partial charge in [0.15, 0.2) is 17.5 Å². The minimum atomic E-state index is -1.12. The number of halogens is 5. The Labute approximate surface area is 266 Å². The van der Waals surface area contributed by atoms with Gasteiger partial charge in [-0.05, 0) is 75.2 Å². The minimum Gasteiger partial charge on any atom is -0.474 e. The second kappa shape index (κ2) is 12.2. The van der Waals surface area contributed by atoms with Crippen LogP contribution in [0, 0.1) is 27.9 Å². The molecule has 6 rings (SSSR count). The van der Waals surface area contributed by atoms with E-state index in [0.29, 0.717) is 32.5 Å². The molecule has 0 aliphatic carbocycles. The van der Waals surface area contributed by atoms with Crippen LogP contribution in [-0.4, -0.2) is 76.5 Å². The Morgan fingerprint density at radius 2 is 1.98 bits per heavy atom. The summed E-state index contributed by atoms with van der Waals surface area (Å²) in [5.41, 5.74) is 3.72. The van der Waals surface area contributed by atoms with E-state index in [1.54, 1.807) is 22.6 Å². The lowest BCUT2D eigenvalue weighted by atomic mass is 9.95. The number of ether oxygens (including phenoxy) is 2. The Morgan fingerprint density at radius 3 is 2.75 bits per heavy atom. The van der Waals surface area contributed by atoms with E-state index in [1.807, 2.05) is 6.92 Å². The predicted molar refractivity (Wildman–Crippen MR) is 168 cm³/mol. The van der Waals surface area contributed by atoms with Crippen LogP contribution in [0.2, 0.25) is 0 Å². The molecule has 1 aromatic carbocycles. The van der Waals surface area contributed by atoms with E-state index >= 15 is 8.78 Å². The average molecular weight is 730 g/mol. The quantitative estimate of drug-likeness (QED) is 0.178. The fraction of sp³-hybridized carbons (Fsp3) is 0.567. The van der Waals surface area contributed by atoms with Crippen LogP contribution < -0.4 is 25.8 Å². The first-order valence-corrected chi connectivity index (χ1v) is 16.1. The second-order valence-electron chi connectivity index (χ2n) is 12.0. The molecule has 0 saturated carbocycles. The molecule has 44 heavy (non-hydrogen) atoms. The third-order valence-corrected chi connectivity index (χ3v) is 10.4. The number of anilines is 2. The third kappa shape index (κ3) is 5.50. The van der Waals surface area contributed by atoms with Crippen molar-refractivity contribution in [1.82, 2.24) is 25.2 Å². The molecular formula is C30H36F4IN7O2. The fourth-order valence-corrected chi connectivity index (χ4v) is 7.28. The highest BCUT2D eigenvalue weighted by molar-refractivity contribution is 14.1. The maximum absolute atomic E-state index is 16.7. The summed E-state index contributed by atoms with van der Waals surface area (Å²) in [6.07, 6.45) is 2.19. The number of aromatic nitrogens is 3. The number of fused-ring (bicyclic) bond motifs is 1. The van der Waals surface area contributed by atoms with Crippen LogP contribution in [-0.2, 0) is 0 Å². The van der Waals surface area contributed by atoms with Gasteiger partial charge in [0.1, 0.15) is 40.9 Å². The summed E-state index contributed by atoms with van der Waals surface area (Å²) in [5, 5.41) is 6.97. The lowest BCUT2D eigenvalue weighted by Crippen LogP contribution is -2.43. The topological polar surface area (TPSA) is 110 Å². The van der Waals surface area contributed by atoms with Crippen molar-refractivity contribution in [3.05, 3.63) is 26.6 Å². The number of alkyl halides is 1. The number of pyridine rings is 1. The molecule has 14 heteroatoms. The normalized spacial score (nSPS) is 25.8. The second-order valence-corrected chi connectivity index (χ2v) is 13.1. The van der Waals surface area contributed by atoms with E-state index in [1.165, 1.54) is 6.92 Å². The van der Waals surface area contributed by atoms with E-state index in [0.717, 1.165) is 25.8 Å². The van der Waals surface area contributed by atoms with E-state index in [4.69, 9.17) is 15.2 Å². The lowest BCUT2D eigenvalue weighted by Gasteiger charge is -2.30. The van der Waals surface area contributed by atoms with Crippen LogP contribution in [0.25, 0.3) is 22.2 Å². The molecule has 4 atom stereocenters. The summed E-state index contributed by atoms with van der Waals surface area (Å²) >= 11 is 1.76. The molecule has 5 heterocycles. The Morgan fingerprint density at radius 1 is 1.18 bits per heavy atom. The van der Waals surface area contributed by atoms with Crippen LogP contribution in [0.1, 0.15) is 51.5 Å². The first-order chi connectivity index (χ1) is 21.0. The van der Waals surface area contributed by atoms with Crippen molar-refractivity contribution in [2.75, 3.05) is 43.8 Å². The monoisotopic (exact) mass is 729 g/mol. The highest BCUT2D eigenvalue weighted by Crippen LogP contribution is 2.43. The molecule has 2 aromatic heterocycles. The van der Waals surface area contributed by atoms with Gasteiger partial charge >= 0.3 is 6.01 Å². The Hall–Kier alpha value is -2.72. The zero-order valence-electron chi connectivity index (χ0n) is 24.9. The van der Waals surface area contributed by atoms with Crippen molar-refractivity contribution in [2.24, 2.45) is 0 Å². The zero-order chi connectivity index (χ0) is 31.3. The molecule has 0 amide bonds. The van der Waals surface area contributed by atoms with Gasteiger partial charge in [-0.1, -0.05) is 6.92 Å². The summed E-state index contributed by atoms with van der Waals surface area (Å²) in [4.78, 5) is 15.7. The van der Waals surface area contributed by atoms with Crippen molar-refractivity contribution in [3.63, 3.8) is 0 Å². The molecule has 238 valence electrons. The molecule has 0 spiro atoms. The smallest absolute Gasteiger partial charge is 0.319 e. The Kier molecular flexibility index (Phi) is 8.69. The van der Waals surface area contributed by atoms with Gasteiger partial charge in [0, 0.05) is 34.7 Å². The van der Waals surface area contributed by atoms with E-state index in [2.05, 4.69) is 37.4 Å². The molecular weight excluding hydrogens is 693 g/mol. The number of nitrogen functional groups attached to an aromatic ring is 1. The van der Waals surface area contributed by atoms with Crippen LogP contribution in [0.3, 0.4) is 0 Å². The molecule has 3 aliphatic heterocycles. The van der Waals surface area contributed by atoms with E-state index < -0.39 is 40.5 Å². The van der Waals surface area contributed by atoms with Gasteiger partial charge in [0.2, 0.25) is 5.88 Å². The van der Waals surface area contributed by atoms with Crippen molar-refractivity contribution in [1.29, 1.82) is 0 Å². The van der Waals surface area contributed by atoms with Crippen molar-refractivity contribution >= 4 is 45.0 Å². The molecule has 2 saturated heterocycles. The van der Waals surface area contributed by atoms with Crippen molar-refractivity contribution < 1.29 is 27.0 Å². The zero-order valence-corrected chi connectivity index (χ0v) is 27.0. The maximum atomic E-state index is 16.7. The highest BCUT2D eigenvalue weighted by Gasteiger charge is 2.49. The van der Waals surface area contributed by atoms with Crippen molar-refractivity contribution in [3.8, 4) is 23.1 Å². The van der Waals surface area contributed by atoms with Gasteiger partial charge in [-0.2, -0.15) is 9.97 Å². The van der Waals surface area contributed by atoms with Gasteiger partial charge in [-0.3, -0.25) is 4.90 Å². The SMILES string of the molecule is CCC1CNc2nc(OC[C@@]34CCCN3C[C@H](F)C4)nc3c(F)c(-c4c(F)c(N)c(F)c(C)c4I)nc(c23)O[C@@H](C)CCN1. The largest absolute Gasteiger partial charge is 0.474 e. The van der Waals surface area contributed by atoms with Gasteiger partial charge in [-0.25, -0.2) is 22.5 Å². The standard InChI is InChI=1S/C30H36F4IN7O2/c1-4-17-11-38-27-19-26(40-29(41-27)43-13-30-7-5-9-42(30)12-16(31)10-30)22(34)25(39-28(19)44-14(2)6-8-37-17)18-21(33)24(36)20(32)15(3)23(18)35/h14,16-17,37H,4-13,36H2,1-3H3,(H,38,40,41)/t14-,16+,17?,30-/m0/s1. The molecule has 3 aromatic rings. The molecule has 3 aliphatic rings. The summed E-state index contributed by atoms with van der Waals surface area (Å²) in [6, 6.07) is -0.0265. The van der Waals surface area contributed by atoms with E-state index in [-0.39, 0.29) is 62.1 Å². The number of hydrogen-bond acceptors (Lipinski definition) is 9. The third-order valence-electron chi connectivity index (χ3n) is 9.07. The van der Waals surface area contributed by atoms with Gasteiger partial charge in [0.05, 0.1) is 17.2 Å². The van der Waals surface area contributed by atoms with Crippen molar-refractivity contribution in [2.45, 2.75) is 76.7 Å². The number of nitrogens with zero attached hydrogens (tertiary/aromatic N) is 4. The summed E-state index contributed by atoms with van der Waals surface area (Å²) in [7, 11) is 0. The molecule has 0 bridgehead atoms. The van der Waals surface area contributed by atoms with Crippen LogP contribution in [0.15, 0.2) is 0 Å². The number of nitrogens with two attached hydrogens (primary N) is 1. The number of rotatable bonds is 5. The lowest BCUT2D eigenvalue weighted by molar-refractivity contribution is 0.107. The molecule has 9 nitrogen and oxygen atoms in total. The Bertz CT molecular complexity index is 1570. The summed E-state index contributed by atoms with van der Waals surface area (Å²) < 4.78 is 73.8. The average Bonchev–Trinajstić information content (AvgIpc) is 3.52. The van der Waals surface area contributed by atoms with Gasteiger partial charge in [-0.15, -0.1) is 0 Å². The molecule has 0 radical (unpaired) electrons. The molecule has 4 N–H and O–H groups in total. The fourth-order valence-electron chi connectivity index (χ4n) is 6.55. The predicted octanol–water partition coefficient (Wildman–Crippen LogP) is 5.51. The summed E-state index contributed by atoms with van der Waals surface area (Å²) in [5.74, 6) is -2.75. The summed E-state index contributed by atoms with van der Waals surface area (Å²) in [6.45, 7) is 7.75. The molecule has 2 fully saturated rings. The van der Waals surface area contributed by atoms with Gasteiger partial charge < -0.3 is 25.8 Å². The molecule has 1 unspecified atom stereocenters. The minimum absolute atomic E-state index is 0.000253. The number of hydrogen-bond donors (Lipinski definition) is 3. The van der Waals surface area contributed by atoms with Gasteiger partial charge in [0.25, 0.3) is 0 Å². The van der Waals surface area contributed by atoms with Crippen LogP contribution >= 0.6 is 22.6 Å². The number of nitrogens with one attached hydrogen (secondary N) is 2. The highest BCUT2D eigenvalue weighted by atomic mass is 127. The van der Waals surface area contributed by atoms with Crippen LogP contribution in [0.4, 0.5) is 29.1 Å². The van der Waals surface area contributed by atoms with Crippen LogP contribution in [0.5, 0.6) is 11.9 Å². The number of benzene rings is 1. The maximum Gasteiger partial charge on any atom is 0.319 e. The first kappa shape index (κ1) is 31.3. The Balaban J connectivity index is 1.53.